The van der Waals surface area contributed by atoms with Crippen molar-refractivity contribution in [3.8, 4) is 0 Å². The van der Waals surface area contributed by atoms with E-state index in [1.165, 1.54) is 0 Å². The Morgan fingerprint density at radius 1 is 1.18 bits per heavy atom. The lowest BCUT2D eigenvalue weighted by molar-refractivity contribution is -0.0980. The molecule has 0 aliphatic carbocycles. The predicted octanol–water partition coefficient (Wildman–Crippen LogP) is -1.81. The van der Waals surface area contributed by atoms with Gasteiger partial charge in [0.25, 0.3) is 0 Å². The minimum absolute atomic E-state index is 0.833. The van der Waals surface area contributed by atoms with Crippen molar-refractivity contribution in [2.24, 2.45) is 11.5 Å². The van der Waals surface area contributed by atoms with Crippen LogP contribution < -0.4 is 11.5 Å². The van der Waals surface area contributed by atoms with Crippen LogP contribution in [0.3, 0.4) is 0 Å². The third kappa shape index (κ3) is 289. The van der Waals surface area contributed by atoms with Gasteiger partial charge in [-0.25, -0.2) is 4.79 Å². The Kier molecular flexibility index (Phi) is 13.1. The van der Waals surface area contributed by atoms with Gasteiger partial charge in [-0.05, 0) is 0 Å². The van der Waals surface area contributed by atoms with Crippen LogP contribution in [0.1, 0.15) is 0 Å². The molecule has 0 aromatic carbocycles. The quantitative estimate of drug-likeness (QED) is 0.327. The van der Waals surface area contributed by atoms with Crippen molar-refractivity contribution >= 4 is 23.2 Å². The van der Waals surface area contributed by atoms with E-state index >= 15 is 0 Å². The first-order valence-electron chi connectivity index (χ1n) is 1.77. The minimum atomic E-state index is -4.67. The van der Waals surface area contributed by atoms with Crippen molar-refractivity contribution in [3.63, 3.8) is 0 Å². The maximum Gasteiger partial charge on any atom is 0.394 e. The highest BCUT2D eigenvalue weighted by Crippen LogP contribution is 1.59. The van der Waals surface area contributed by atoms with E-state index in [-0.39, 0.29) is 0 Å². The molecule has 0 aromatic heterocycles. The van der Waals surface area contributed by atoms with Gasteiger partial charge in [-0.15, -0.1) is 0 Å². The largest absolute Gasteiger partial charge is 0.394 e. The Bertz CT molecular complexity index is 173. The van der Waals surface area contributed by atoms with Crippen LogP contribution in [0.5, 0.6) is 0 Å². The molecule has 9 heteroatoms. The smallest absolute Gasteiger partial charge is 0.352 e. The summed E-state index contributed by atoms with van der Waals surface area (Å²) in [5, 5.41) is 0. The molecule has 0 spiro atoms. The monoisotopic (exact) mass is 188 g/mol. The number of hydrogen-bond donors (Lipinski definition) is 4. The zero-order chi connectivity index (χ0) is 10.1. The SMILES string of the molecule is C=O.NC(N)=O.O=S(=O)(O)O. The highest BCUT2D eigenvalue weighted by atomic mass is 32.3. The third-order valence-corrected chi connectivity index (χ3v) is 0. The van der Waals surface area contributed by atoms with Crippen LogP contribution in [0.4, 0.5) is 4.79 Å². The Hall–Kier alpha value is -1.19. The van der Waals surface area contributed by atoms with Crippen molar-refractivity contribution in [2.45, 2.75) is 0 Å². The van der Waals surface area contributed by atoms with Crippen LogP contribution in [-0.2, 0) is 15.2 Å². The number of rotatable bonds is 0. The second-order valence-corrected chi connectivity index (χ2v) is 1.75. The first-order chi connectivity index (χ1) is 4.73. The lowest BCUT2D eigenvalue weighted by Gasteiger charge is -1.68. The maximum atomic E-state index is 9.00. The van der Waals surface area contributed by atoms with E-state index < -0.39 is 16.4 Å². The molecule has 0 heterocycles. The zero-order valence-corrected chi connectivity index (χ0v) is 6.11. The molecule has 6 N–H and O–H groups in total. The van der Waals surface area contributed by atoms with Gasteiger partial charge in [-0.2, -0.15) is 8.42 Å². The van der Waals surface area contributed by atoms with Gasteiger partial charge in [0, 0.05) is 0 Å². The molecule has 0 aromatic rings. The first kappa shape index (κ1) is 16.4. The molecule has 0 radical (unpaired) electrons. The molecule has 0 bridgehead atoms. The van der Waals surface area contributed by atoms with Gasteiger partial charge in [0.15, 0.2) is 0 Å². The molecule has 68 valence electrons. The number of carbonyl (C=O) groups is 2. The van der Waals surface area contributed by atoms with Gasteiger partial charge < -0.3 is 16.3 Å². The normalized spacial score (nSPS) is 7.82. The third-order valence-electron chi connectivity index (χ3n) is 0. The second kappa shape index (κ2) is 8.81. The first-order valence-corrected chi connectivity index (χ1v) is 3.17. The number of carbonyl (C=O) groups excluding carboxylic acids is 2. The van der Waals surface area contributed by atoms with Gasteiger partial charge in [-0.3, -0.25) is 9.11 Å². The molecule has 0 unspecified atom stereocenters. The topological polar surface area (TPSA) is 161 Å². The Balaban J connectivity index is -0.0000000965. The summed E-state index contributed by atoms with van der Waals surface area (Å²) < 4.78 is 31.6. The molecule has 0 saturated carbocycles. The maximum absolute atomic E-state index is 9.00. The minimum Gasteiger partial charge on any atom is -0.352 e. The van der Waals surface area contributed by atoms with E-state index in [1.807, 2.05) is 6.79 Å². The predicted molar refractivity (Wildman–Crippen MR) is 35.1 cm³/mol. The highest BCUT2D eigenvalue weighted by Gasteiger charge is 1.84. The molecule has 0 atom stereocenters. The fraction of sp³-hybridized carbons (Fsp3) is 0. The molecule has 2 amide bonds. The van der Waals surface area contributed by atoms with Gasteiger partial charge in [-0.1, -0.05) is 0 Å². The fourth-order valence-electron chi connectivity index (χ4n) is 0. The summed E-state index contributed by atoms with van der Waals surface area (Å²) in [4.78, 5) is 17.0. The van der Waals surface area contributed by atoms with Crippen molar-refractivity contribution in [2.75, 3.05) is 0 Å². The van der Waals surface area contributed by atoms with Gasteiger partial charge in [0.05, 0.1) is 0 Å². The van der Waals surface area contributed by atoms with Crippen LogP contribution in [0.25, 0.3) is 0 Å². The Morgan fingerprint density at radius 2 is 1.18 bits per heavy atom. The summed E-state index contributed by atoms with van der Waals surface area (Å²) >= 11 is 0. The average molecular weight is 188 g/mol. The van der Waals surface area contributed by atoms with E-state index in [9.17, 15) is 0 Å². The Morgan fingerprint density at radius 3 is 1.18 bits per heavy atom. The fourth-order valence-corrected chi connectivity index (χ4v) is 0. The summed E-state index contributed by atoms with van der Waals surface area (Å²) in [7, 11) is -4.67. The summed E-state index contributed by atoms with van der Waals surface area (Å²) in [6.07, 6.45) is 0. The number of hydrogen-bond acceptors (Lipinski definition) is 4. The van der Waals surface area contributed by atoms with E-state index in [1.54, 1.807) is 0 Å². The molecule has 0 aliphatic rings. The number of primary amides is 2. The van der Waals surface area contributed by atoms with E-state index in [0.717, 1.165) is 0 Å². The van der Waals surface area contributed by atoms with E-state index in [4.69, 9.17) is 27.1 Å². The molecule has 0 saturated heterocycles. The highest BCUT2D eigenvalue weighted by molar-refractivity contribution is 7.79. The van der Waals surface area contributed by atoms with Crippen LogP contribution >= 0.6 is 0 Å². The molecular weight excluding hydrogens is 180 g/mol. The van der Waals surface area contributed by atoms with Gasteiger partial charge in [0.1, 0.15) is 6.79 Å². The van der Waals surface area contributed by atoms with Crippen LogP contribution in [0, 0.1) is 0 Å². The molecule has 11 heavy (non-hydrogen) atoms. The summed E-state index contributed by atoms with van der Waals surface area (Å²) in [5.41, 5.74) is 8.50. The number of nitrogens with two attached hydrogens (primary N) is 2. The number of urea groups is 1. The van der Waals surface area contributed by atoms with Crippen LogP contribution in [0.15, 0.2) is 0 Å². The zero-order valence-electron chi connectivity index (χ0n) is 5.30. The number of amides is 2. The van der Waals surface area contributed by atoms with Crippen molar-refractivity contribution in [1.82, 2.24) is 0 Å². The molecule has 0 rings (SSSR count). The van der Waals surface area contributed by atoms with Crippen molar-refractivity contribution in [1.29, 1.82) is 0 Å². The average Bonchev–Trinajstić information content (AvgIpc) is 1.63. The Labute approximate surface area is 62.8 Å². The van der Waals surface area contributed by atoms with Gasteiger partial charge >= 0.3 is 16.4 Å². The summed E-state index contributed by atoms with van der Waals surface area (Å²) in [5.74, 6) is 0. The molecular formula is C2H8N2O6S. The van der Waals surface area contributed by atoms with E-state index in [2.05, 4.69) is 11.5 Å². The van der Waals surface area contributed by atoms with E-state index in [0.29, 0.717) is 0 Å². The van der Waals surface area contributed by atoms with Gasteiger partial charge in [0.2, 0.25) is 0 Å². The van der Waals surface area contributed by atoms with Crippen molar-refractivity contribution < 1.29 is 27.1 Å². The lowest BCUT2D eigenvalue weighted by Crippen LogP contribution is -2.18. The van der Waals surface area contributed by atoms with Crippen LogP contribution in [0.2, 0.25) is 0 Å². The summed E-state index contributed by atoms with van der Waals surface area (Å²) in [6, 6.07) is -0.833. The van der Waals surface area contributed by atoms with Crippen molar-refractivity contribution in [3.05, 3.63) is 0 Å². The summed E-state index contributed by atoms with van der Waals surface area (Å²) in [6.45, 7) is 2.00. The molecule has 0 aliphatic heterocycles. The standard InChI is InChI=1S/CH4N2O.CH2O.H2O4S/c2-1(3)4;1-2;1-5(2,3)4/h(H4,2,3,4);1H2;(H2,1,2,3,4). The lowest BCUT2D eigenvalue weighted by atomic mass is 11.2. The molecule has 8 nitrogen and oxygen atoms in total. The second-order valence-electron chi connectivity index (χ2n) is 0.850. The van der Waals surface area contributed by atoms with Crippen LogP contribution in [-0.4, -0.2) is 30.3 Å². The molecule has 0 fully saturated rings.